The Morgan fingerprint density at radius 2 is 2.00 bits per heavy atom. The quantitative estimate of drug-likeness (QED) is 0.397. The summed E-state index contributed by atoms with van der Waals surface area (Å²) in [6.07, 6.45) is -8.83. The molecule has 0 radical (unpaired) electrons. The second-order valence-electron chi connectivity index (χ2n) is 3.06. The number of benzene rings is 1. The summed E-state index contributed by atoms with van der Waals surface area (Å²) in [4.78, 5) is 9.55. The molecule has 0 aliphatic carbocycles. The zero-order valence-electron chi connectivity index (χ0n) is 8.37. The summed E-state index contributed by atoms with van der Waals surface area (Å²) in [5.74, 6) is -0.804. The summed E-state index contributed by atoms with van der Waals surface area (Å²) in [5.41, 5.74) is 4.21. The van der Waals surface area contributed by atoms with Crippen LogP contribution < -0.4 is 10.5 Å². The molecule has 0 aliphatic rings. The second-order valence-corrected chi connectivity index (χ2v) is 3.92. The highest BCUT2D eigenvalue weighted by Crippen LogP contribution is 2.38. The monoisotopic (exact) mass is 332 g/mol. The van der Waals surface area contributed by atoms with E-state index in [-0.39, 0.29) is 10.2 Å². The molecule has 1 rings (SSSR count). The Labute approximate surface area is 106 Å². The fourth-order valence-electron chi connectivity index (χ4n) is 0.986. The molecule has 0 aliphatic heterocycles. The maximum Gasteiger partial charge on any atom is 0.461 e. The number of ether oxygens (including phenoxy) is 1. The molecule has 100 valence electrons. The van der Waals surface area contributed by atoms with Gasteiger partial charge in [0.25, 0.3) is 5.69 Å². The van der Waals surface area contributed by atoms with Crippen molar-refractivity contribution in [3.8, 4) is 5.75 Å². The molecule has 0 fully saturated rings. The molecule has 0 spiro atoms. The van der Waals surface area contributed by atoms with Crippen molar-refractivity contribution in [3.05, 3.63) is 26.7 Å². The van der Waals surface area contributed by atoms with Crippen molar-refractivity contribution >= 4 is 27.3 Å². The number of halogens is 5. The summed E-state index contributed by atoms with van der Waals surface area (Å²) < 4.78 is 52.7. The molecular weight excluding hydrogens is 328 g/mol. The van der Waals surface area contributed by atoms with Gasteiger partial charge in [-0.05, 0) is 22.0 Å². The van der Waals surface area contributed by atoms with Crippen molar-refractivity contribution in [2.24, 2.45) is 0 Å². The molecule has 0 amide bonds. The van der Waals surface area contributed by atoms with Crippen molar-refractivity contribution in [3.63, 3.8) is 0 Å². The van der Waals surface area contributed by atoms with Crippen molar-refractivity contribution in [2.75, 3.05) is 5.73 Å². The second kappa shape index (κ2) is 4.96. The Morgan fingerprint density at radius 1 is 1.44 bits per heavy atom. The van der Waals surface area contributed by atoms with Gasteiger partial charge in [0, 0.05) is 0 Å². The van der Waals surface area contributed by atoms with Gasteiger partial charge in [-0.2, -0.15) is 17.6 Å². The van der Waals surface area contributed by atoms with E-state index in [1.165, 1.54) is 0 Å². The lowest BCUT2D eigenvalue weighted by atomic mass is 10.2. The summed E-state index contributed by atoms with van der Waals surface area (Å²) >= 11 is 2.73. The maximum absolute atomic E-state index is 12.7. The number of rotatable bonds is 4. The van der Waals surface area contributed by atoms with Crippen LogP contribution in [0, 0.1) is 10.1 Å². The first-order chi connectivity index (χ1) is 8.15. The topological polar surface area (TPSA) is 78.4 Å². The van der Waals surface area contributed by atoms with Crippen molar-refractivity contribution in [1.29, 1.82) is 0 Å². The van der Waals surface area contributed by atoms with Crippen LogP contribution in [0.3, 0.4) is 0 Å². The normalized spacial score (nSPS) is 11.7. The predicted molar refractivity (Wildman–Crippen MR) is 56.8 cm³/mol. The van der Waals surface area contributed by atoms with E-state index >= 15 is 0 Å². The zero-order valence-corrected chi connectivity index (χ0v) is 9.96. The van der Waals surface area contributed by atoms with E-state index in [9.17, 15) is 27.7 Å². The van der Waals surface area contributed by atoms with Gasteiger partial charge >= 0.3 is 12.5 Å². The lowest BCUT2D eigenvalue weighted by molar-refractivity contribution is -0.384. The van der Waals surface area contributed by atoms with Crippen molar-refractivity contribution in [1.82, 2.24) is 0 Å². The van der Waals surface area contributed by atoms with Crippen LogP contribution in [0.15, 0.2) is 16.6 Å². The molecule has 18 heavy (non-hydrogen) atoms. The maximum atomic E-state index is 12.7. The molecule has 0 aromatic heterocycles. The standard InChI is InChI=1S/C8H5BrF4N2O3/c9-3-1-4(14)5(15(16)17)2-6(3)18-8(12,13)7(10)11/h1-2,7H,14H2. The average molecular weight is 333 g/mol. The first-order valence-corrected chi connectivity index (χ1v) is 5.03. The Balaban J connectivity index is 3.18. The number of nitrogen functional groups attached to an aromatic ring is 1. The van der Waals surface area contributed by atoms with Gasteiger partial charge < -0.3 is 10.5 Å². The molecule has 2 N–H and O–H groups in total. The van der Waals surface area contributed by atoms with E-state index in [2.05, 4.69) is 20.7 Å². The Hall–Kier alpha value is -1.58. The summed E-state index contributed by atoms with van der Waals surface area (Å²) in [6, 6.07) is 1.45. The molecular formula is C8H5BrF4N2O3. The van der Waals surface area contributed by atoms with Gasteiger partial charge in [0.15, 0.2) is 0 Å². The van der Waals surface area contributed by atoms with Crippen LogP contribution in [-0.2, 0) is 0 Å². The van der Waals surface area contributed by atoms with Crippen LogP contribution in [0.2, 0.25) is 0 Å². The lowest BCUT2D eigenvalue weighted by Crippen LogP contribution is -2.33. The number of hydrogen-bond acceptors (Lipinski definition) is 4. The molecule has 1 aromatic rings. The lowest BCUT2D eigenvalue weighted by Gasteiger charge is -2.17. The van der Waals surface area contributed by atoms with Crippen molar-refractivity contribution < 1.29 is 27.2 Å². The average Bonchev–Trinajstić information content (AvgIpc) is 2.21. The molecule has 0 saturated carbocycles. The number of hydrogen-bond donors (Lipinski definition) is 1. The minimum absolute atomic E-state index is 0.203. The molecule has 5 nitrogen and oxygen atoms in total. The predicted octanol–water partition coefficient (Wildman–Crippen LogP) is 3.18. The van der Waals surface area contributed by atoms with E-state index < -0.39 is 28.9 Å². The Kier molecular flexibility index (Phi) is 3.99. The van der Waals surface area contributed by atoms with Gasteiger partial charge in [-0.1, -0.05) is 0 Å². The fourth-order valence-corrected chi connectivity index (χ4v) is 1.43. The van der Waals surface area contributed by atoms with Crippen LogP contribution >= 0.6 is 15.9 Å². The summed E-state index contributed by atoms with van der Waals surface area (Å²) in [7, 11) is 0. The molecule has 0 heterocycles. The molecule has 0 saturated heterocycles. The SMILES string of the molecule is Nc1cc(Br)c(OC(F)(F)C(F)F)cc1[N+](=O)[O-]. The van der Waals surface area contributed by atoms with E-state index in [1.54, 1.807) is 0 Å². The Bertz CT molecular complexity index is 484. The number of nitro groups is 1. The Morgan fingerprint density at radius 3 is 2.44 bits per heavy atom. The number of nitrogens with two attached hydrogens (primary N) is 1. The first-order valence-electron chi connectivity index (χ1n) is 4.23. The van der Waals surface area contributed by atoms with Gasteiger partial charge in [-0.3, -0.25) is 10.1 Å². The van der Waals surface area contributed by atoms with E-state index in [0.29, 0.717) is 6.07 Å². The number of nitrogens with zero attached hydrogens (tertiary/aromatic N) is 1. The first kappa shape index (κ1) is 14.5. The highest BCUT2D eigenvalue weighted by atomic mass is 79.9. The van der Waals surface area contributed by atoms with Crippen LogP contribution in [-0.4, -0.2) is 17.5 Å². The number of alkyl halides is 4. The molecule has 0 unspecified atom stereocenters. The van der Waals surface area contributed by atoms with Crippen LogP contribution in [0.1, 0.15) is 0 Å². The van der Waals surface area contributed by atoms with E-state index in [0.717, 1.165) is 6.07 Å². The third-order valence-electron chi connectivity index (χ3n) is 1.78. The third-order valence-corrected chi connectivity index (χ3v) is 2.40. The van der Waals surface area contributed by atoms with Crippen LogP contribution in [0.25, 0.3) is 0 Å². The molecule has 0 bridgehead atoms. The molecule has 10 heteroatoms. The molecule has 0 atom stereocenters. The van der Waals surface area contributed by atoms with Gasteiger partial charge in [-0.15, -0.1) is 0 Å². The van der Waals surface area contributed by atoms with Gasteiger partial charge in [-0.25, -0.2) is 0 Å². The number of anilines is 1. The van der Waals surface area contributed by atoms with Crippen LogP contribution in [0.4, 0.5) is 28.9 Å². The van der Waals surface area contributed by atoms with Gasteiger partial charge in [0.2, 0.25) is 0 Å². The van der Waals surface area contributed by atoms with Crippen molar-refractivity contribution in [2.45, 2.75) is 12.5 Å². The smallest absolute Gasteiger partial charge is 0.427 e. The summed E-state index contributed by atoms with van der Waals surface area (Å²) in [6.45, 7) is 0. The van der Waals surface area contributed by atoms with E-state index in [1.807, 2.05) is 0 Å². The minimum atomic E-state index is -4.76. The highest BCUT2D eigenvalue weighted by Gasteiger charge is 2.44. The number of nitro benzene ring substituents is 1. The van der Waals surface area contributed by atoms with Gasteiger partial charge in [0.1, 0.15) is 11.4 Å². The zero-order chi connectivity index (χ0) is 14.1. The molecule has 1 aromatic carbocycles. The van der Waals surface area contributed by atoms with E-state index in [4.69, 9.17) is 5.73 Å². The largest absolute Gasteiger partial charge is 0.461 e. The van der Waals surface area contributed by atoms with Gasteiger partial charge in [0.05, 0.1) is 15.5 Å². The third kappa shape index (κ3) is 3.00. The fraction of sp³-hybridized carbons (Fsp3) is 0.250. The summed E-state index contributed by atoms with van der Waals surface area (Å²) in [5, 5.41) is 10.5. The minimum Gasteiger partial charge on any atom is -0.427 e. The highest BCUT2D eigenvalue weighted by molar-refractivity contribution is 9.10. The van der Waals surface area contributed by atoms with Crippen LogP contribution in [0.5, 0.6) is 5.75 Å².